The second-order valence-corrected chi connectivity index (χ2v) is 6.89. The van der Waals surface area contributed by atoms with Gasteiger partial charge in [-0.15, -0.1) is 0 Å². The van der Waals surface area contributed by atoms with Gasteiger partial charge in [-0.2, -0.15) is 0 Å². The third kappa shape index (κ3) is 4.62. The van der Waals surface area contributed by atoms with E-state index in [9.17, 15) is 14.9 Å². The van der Waals surface area contributed by atoms with Crippen LogP contribution in [0.2, 0.25) is 5.02 Å². The number of benzene rings is 2. The molecule has 0 aliphatic carbocycles. The van der Waals surface area contributed by atoms with Crippen molar-refractivity contribution in [1.29, 1.82) is 0 Å². The maximum Gasteiger partial charge on any atom is 0.271 e. The van der Waals surface area contributed by atoms with Gasteiger partial charge in [-0.05, 0) is 30.3 Å². The van der Waals surface area contributed by atoms with Crippen LogP contribution in [0.4, 0.5) is 11.4 Å². The first kappa shape index (κ1) is 19.7. The molecule has 144 valence electrons. The van der Waals surface area contributed by atoms with E-state index in [1.165, 1.54) is 30.0 Å². The van der Waals surface area contributed by atoms with Crippen LogP contribution in [0.25, 0.3) is 5.69 Å². The van der Waals surface area contributed by atoms with Gasteiger partial charge in [0.2, 0.25) is 5.91 Å². The molecule has 0 aliphatic rings. The van der Waals surface area contributed by atoms with Gasteiger partial charge in [0.05, 0.1) is 28.5 Å². The minimum atomic E-state index is -0.549. The highest BCUT2D eigenvalue weighted by molar-refractivity contribution is 7.99. The van der Waals surface area contributed by atoms with E-state index >= 15 is 0 Å². The van der Waals surface area contributed by atoms with E-state index in [1.54, 1.807) is 19.5 Å². The quantitative estimate of drug-likeness (QED) is 0.351. The lowest BCUT2D eigenvalue weighted by molar-refractivity contribution is -0.384. The third-order valence-corrected chi connectivity index (χ3v) is 5.02. The molecular formula is C18H15ClN4O4S. The van der Waals surface area contributed by atoms with E-state index < -0.39 is 4.92 Å². The number of nitro groups is 1. The largest absolute Gasteiger partial charge is 0.497 e. The molecule has 1 aromatic heterocycles. The maximum atomic E-state index is 12.3. The summed E-state index contributed by atoms with van der Waals surface area (Å²) in [6.07, 6.45) is 3.43. The molecule has 0 atom stereocenters. The minimum Gasteiger partial charge on any atom is -0.497 e. The number of non-ortho nitro benzene ring substituents is 1. The number of carbonyl (C=O) groups is 1. The van der Waals surface area contributed by atoms with Crippen molar-refractivity contribution in [2.24, 2.45) is 0 Å². The standard InChI is InChI=1S/C18H15ClN4O4S/c1-27-14-5-2-12(3-6-14)22-9-8-20-18(22)28-11-17(24)21-16-10-13(23(25)26)4-7-15(16)19/h2-10H,11H2,1H3,(H,21,24). The van der Waals surface area contributed by atoms with Crippen LogP contribution < -0.4 is 10.1 Å². The zero-order chi connectivity index (χ0) is 20.1. The summed E-state index contributed by atoms with van der Waals surface area (Å²) in [5.41, 5.74) is 0.922. The third-order valence-electron chi connectivity index (χ3n) is 3.72. The van der Waals surface area contributed by atoms with E-state index in [1.807, 2.05) is 28.8 Å². The smallest absolute Gasteiger partial charge is 0.271 e. The van der Waals surface area contributed by atoms with Crippen LogP contribution in [0.15, 0.2) is 60.0 Å². The molecule has 10 heteroatoms. The van der Waals surface area contributed by atoms with Crippen molar-refractivity contribution in [2.45, 2.75) is 5.16 Å². The van der Waals surface area contributed by atoms with Crippen molar-refractivity contribution < 1.29 is 14.5 Å². The molecule has 0 bridgehead atoms. The number of amides is 1. The van der Waals surface area contributed by atoms with E-state index in [-0.39, 0.29) is 28.1 Å². The zero-order valence-electron chi connectivity index (χ0n) is 14.7. The lowest BCUT2D eigenvalue weighted by atomic mass is 10.3. The van der Waals surface area contributed by atoms with Crippen LogP contribution >= 0.6 is 23.4 Å². The number of nitrogens with one attached hydrogen (secondary N) is 1. The van der Waals surface area contributed by atoms with Gasteiger partial charge >= 0.3 is 0 Å². The predicted molar refractivity (Wildman–Crippen MR) is 108 cm³/mol. The number of ether oxygens (including phenoxy) is 1. The average molecular weight is 419 g/mol. The van der Waals surface area contributed by atoms with Crippen molar-refractivity contribution in [3.8, 4) is 11.4 Å². The molecule has 0 aliphatic heterocycles. The molecular weight excluding hydrogens is 404 g/mol. The Morgan fingerprint density at radius 1 is 1.32 bits per heavy atom. The maximum absolute atomic E-state index is 12.3. The molecule has 0 saturated heterocycles. The summed E-state index contributed by atoms with van der Waals surface area (Å²) in [5, 5.41) is 14.3. The highest BCUT2D eigenvalue weighted by Gasteiger charge is 2.14. The van der Waals surface area contributed by atoms with Crippen molar-refractivity contribution >= 4 is 40.6 Å². The normalized spacial score (nSPS) is 10.5. The number of methoxy groups -OCH3 is 1. The number of halogens is 1. The van der Waals surface area contributed by atoms with Crippen molar-refractivity contribution in [3.63, 3.8) is 0 Å². The van der Waals surface area contributed by atoms with Crippen molar-refractivity contribution in [1.82, 2.24) is 9.55 Å². The SMILES string of the molecule is COc1ccc(-n2ccnc2SCC(=O)Nc2cc([N+](=O)[O-])ccc2Cl)cc1. The molecule has 0 unspecified atom stereocenters. The van der Waals surface area contributed by atoms with E-state index in [0.29, 0.717) is 5.16 Å². The summed E-state index contributed by atoms with van der Waals surface area (Å²) in [6.45, 7) is 0. The van der Waals surface area contributed by atoms with Crippen LogP contribution in [0.5, 0.6) is 5.75 Å². The van der Waals surface area contributed by atoms with Gasteiger partial charge in [0.1, 0.15) is 5.75 Å². The summed E-state index contributed by atoms with van der Waals surface area (Å²) in [4.78, 5) is 26.8. The van der Waals surface area contributed by atoms with Gasteiger partial charge in [0.25, 0.3) is 5.69 Å². The molecule has 0 saturated carbocycles. The first-order valence-electron chi connectivity index (χ1n) is 8.02. The number of imidazole rings is 1. The molecule has 0 radical (unpaired) electrons. The lowest BCUT2D eigenvalue weighted by Crippen LogP contribution is -2.15. The molecule has 28 heavy (non-hydrogen) atoms. The second-order valence-electron chi connectivity index (χ2n) is 5.54. The van der Waals surface area contributed by atoms with Gasteiger partial charge in [0.15, 0.2) is 5.16 Å². The van der Waals surface area contributed by atoms with Crippen LogP contribution in [-0.2, 0) is 4.79 Å². The number of nitro benzene ring substituents is 1. The Hall–Kier alpha value is -3.04. The number of carbonyl (C=O) groups excluding carboxylic acids is 1. The Morgan fingerprint density at radius 2 is 2.07 bits per heavy atom. The molecule has 1 heterocycles. The summed E-state index contributed by atoms with van der Waals surface area (Å²) >= 11 is 7.24. The van der Waals surface area contributed by atoms with Gasteiger partial charge in [-0.25, -0.2) is 4.98 Å². The van der Waals surface area contributed by atoms with Gasteiger partial charge in [-0.1, -0.05) is 23.4 Å². The number of anilines is 1. The summed E-state index contributed by atoms with van der Waals surface area (Å²) in [5.74, 6) is 0.453. The molecule has 0 spiro atoms. The highest BCUT2D eigenvalue weighted by Crippen LogP contribution is 2.27. The molecule has 1 N–H and O–H groups in total. The van der Waals surface area contributed by atoms with Gasteiger partial charge in [-0.3, -0.25) is 19.5 Å². The Morgan fingerprint density at radius 3 is 2.75 bits per heavy atom. The summed E-state index contributed by atoms with van der Waals surface area (Å²) < 4.78 is 6.99. The number of hydrogen-bond donors (Lipinski definition) is 1. The fourth-order valence-electron chi connectivity index (χ4n) is 2.37. The molecule has 1 amide bonds. The first-order chi connectivity index (χ1) is 13.5. The zero-order valence-corrected chi connectivity index (χ0v) is 16.2. The Labute approximate surface area is 169 Å². The highest BCUT2D eigenvalue weighted by atomic mass is 35.5. The number of aromatic nitrogens is 2. The Kier molecular flexibility index (Phi) is 6.17. The number of rotatable bonds is 7. The van der Waals surface area contributed by atoms with E-state index in [2.05, 4.69) is 10.3 Å². The molecule has 8 nitrogen and oxygen atoms in total. The van der Waals surface area contributed by atoms with Crippen LogP contribution in [0.3, 0.4) is 0 Å². The predicted octanol–water partition coefficient (Wildman–Crippen LogP) is 4.17. The van der Waals surface area contributed by atoms with Gasteiger partial charge in [0, 0.05) is 30.2 Å². The summed E-state index contributed by atoms with van der Waals surface area (Å²) in [7, 11) is 1.60. The molecule has 3 rings (SSSR count). The average Bonchev–Trinajstić information content (AvgIpc) is 3.16. The van der Waals surface area contributed by atoms with Crippen LogP contribution in [-0.4, -0.2) is 33.2 Å². The summed E-state index contributed by atoms with van der Waals surface area (Å²) in [6, 6.07) is 11.3. The molecule has 3 aromatic rings. The Balaban J connectivity index is 1.67. The van der Waals surface area contributed by atoms with Gasteiger partial charge < -0.3 is 10.1 Å². The van der Waals surface area contributed by atoms with Crippen LogP contribution in [0.1, 0.15) is 0 Å². The van der Waals surface area contributed by atoms with Crippen LogP contribution in [0, 0.1) is 10.1 Å². The lowest BCUT2D eigenvalue weighted by Gasteiger charge is -2.09. The topological polar surface area (TPSA) is 99.3 Å². The second kappa shape index (κ2) is 8.77. The minimum absolute atomic E-state index is 0.0617. The number of nitrogens with zero attached hydrogens (tertiary/aromatic N) is 3. The number of hydrogen-bond acceptors (Lipinski definition) is 6. The molecule has 0 fully saturated rings. The fourth-order valence-corrected chi connectivity index (χ4v) is 3.31. The van der Waals surface area contributed by atoms with E-state index in [4.69, 9.17) is 16.3 Å². The molecule has 2 aromatic carbocycles. The fraction of sp³-hybridized carbons (Fsp3) is 0.111. The monoisotopic (exact) mass is 418 g/mol. The van der Waals surface area contributed by atoms with Crippen molar-refractivity contribution in [3.05, 3.63) is 70.0 Å². The number of thioether (sulfide) groups is 1. The first-order valence-corrected chi connectivity index (χ1v) is 9.38. The Bertz CT molecular complexity index is 1010. The van der Waals surface area contributed by atoms with E-state index in [0.717, 1.165) is 11.4 Å². The van der Waals surface area contributed by atoms with Crippen molar-refractivity contribution in [2.75, 3.05) is 18.2 Å².